The van der Waals surface area contributed by atoms with Crippen LogP contribution in [0.5, 0.6) is 0 Å². The average molecular weight is 274 g/mol. The van der Waals surface area contributed by atoms with Gasteiger partial charge in [0.05, 0.1) is 22.8 Å². The van der Waals surface area contributed by atoms with E-state index in [1.807, 2.05) is 23.0 Å². The third kappa shape index (κ3) is 2.26. The summed E-state index contributed by atoms with van der Waals surface area (Å²) in [6, 6.07) is 10.5. The lowest BCUT2D eigenvalue weighted by Gasteiger charge is -2.06. The molecule has 0 radical (unpaired) electrons. The highest BCUT2D eigenvalue weighted by molar-refractivity contribution is 6.35. The summed E-state index contributed by atoms with van der Waals surface area (Å²) in [4.78, 5) is 0. The van der Waals surface area contributed by atoms with Crippen LogP contribution in [0, 0.1) is 0 Å². The van der Waals surface area contributed by atoms with E-state index in [0.29, 0.717) is 6.04 Å². The number of hydrogen-bond donors (Lipinski definition) is 0. The molecule has 2 aromatic heterocycles. The van der Waals surface area contributed by atoms with Gasteiger partial charge in [0.2, 0.25) is 0 Å². The van der Waals surface area contributed by atoms with Crippen LogP contribution in [0.2, 0.25) is 5.02 Å². The van der Waals surface area contributed by atoms with E-state index in [-0.39, 0.29) is 0 Å². The molecule has 0 saturated heterocycles. The first-order valence-electron chi connectivity index (χ1n) is 6.42. The van der Waals surface area contributed by atoms with E-state index in [1.165, 1.54) is 0 Å². The van der Waals surface area contributed by atoms with E-state index in [2.05, 4.69) is 47.9 Å². The van der Waals surface area contributed by atoms with E-state index >= 15 is 0 Å². The molecule has 0 bridgehead atoms. The fourth-order valence-corrected chi connectivity index (χ4v) is 2.56. The van der Waals surface area contributed by atoms with Gasteiger partial charge in [-0.15, -0.1) is 0 Å². The van der Waals surface area contributed by atoms with Crippen molar-refractivity contribution in [2.24, 2.45) is 0 Å². The zero-order valence-corrected chi connectivity index (χ0v) is 11.8. The van der Waals surface area contributed by atoms with Crippen molar-refractivity contribution in [1.29, 1.82) is 0 Å². The molecule has 3 aromatic rings. The largest absolute Gasteiger partial charge is 0.340 e. The van der Waals surface area contributed by atoms with Crippen LogP contribution >= 0.6 is 11.6 Å². The van der Waals surface area contributed by atoms with Crippen molar-refractivity contribution in [1.82, 2.24) is 14.3 Å². The summed E-state index contributed by atoms with van der Waals surface area (Å²) in [5, 5.41) is 6.52. The molecule has 19 heavy (non-hydrogen) atoms. The molecule has 0 amide bonds. The van der Waals surface area contributed by atoms with Crippen LogP contribution in [0.3, 0.4) is 0 Å². The van der Waals surface area contributed by atoms with Crippen LogP contribution < -0.4 is 0 Å². The molecule has 3 nitrogen and oxygen atoms in total. The van der Waals surface area contributed by atoms with E-state index in [1.54, 1.807) is 0 Å². The molecule has 0 saturated carbocycles. The van der Waals surface area contributed by atoms with Gasteiger partial charge in [0.1, 0.15) is 0 Å². The topological polar surface area (TPSA) is 22.8 Å². The number of aromatic nitrogens is 3. The second-order valence-corrected chi connectivity index (χ2v) is 5.41. The standard InChI is InChI=1S/C15H16ClN3/c1-11(2)19-9-7-13(17-19)10-18-8-6-12-4-3-5-14(16)15(12)18/h3-9,11H,10H2,1-2H3. The number of halogens is 1. The van der Waals surface area contributed by atoms with Crippen LogP contribution in [-0.4, -0.2) is 14.3 Å². The van der Waals surface area contributed by atoms with E-state index in [4.69, 9.17) is 11.6 Å². The van der Waals surface area contributed by atoms with Crippen LogP contribution in [-0.2, 0) is 6.54 Å². The van der Waals surface area contributed by atoms with Crippen LogP contribution in [0.4, 0.5) is 0 Å². The highest BCUT2D eigenvalue weighted by Gasteiger charge is 2.07. The molecule has 0 aliphatic carbocycles. The minimum Gasteiger partial charge on any atom is -0.340 e. The fraction of sp³-hybridized carbons (Fsp3) is 0.267. The quantitative estimate of drug-likeness (QED) is 0.704. The summed E-state index contributed by atoms with van der Waals surface area (Å²) < 4.78 is 4.12. The van der Waals surface area contributed by atoms with Gasteiger partial charge in [0.15, 0.2) is 0 Å². The number of benzene rings is 1. The predicted molar refractivity (Wildman–Crippen MR) is 78.7 cm³/mol. The van der Waals surface area contributed by atoms with Gasteiger partial charge >= 0.3 is 0 Å². The number of nitrogens with zero attached hydrogens (tertiary/aromatic N) is 3. The van der Waals surface area contributed by atoms with E-state index in [0.717, 1.165) is 28.2 Å². The van der Waals surface area contributed by atoms with Crippen LogP contribution in [0.15, 0.2) is 42.7 Å². The van der Waals surface area contributed by atoms with Gasteiger partial charge in [-0.25, -0.2) is 0 Å². The third-order valence-electron chi connectivity index (χ3n) is 3.26. The second-order valence-electron chi connectivity index (χ2n) is 5.00. The molecule has 4 heteroatoms. The lowest BCUT2D eigenvalue weighted by atomic mass is 10.2. The molecule has 0 unspecified atom stereocenters. The molecule has 2 heterocycles. The predicted octanol–water partition coefficient (Wildman–Crippen LogP) is 4.12. The van der Waals surface area contributed by atoms with Gasteiger partial charge < -0.3 is 4.57 Å². The molecule has 0 aliphatic heterocycles. The molecule has 0 N–H and O–H groups in total. The van der Waals surface area contributed by atoms with Crippen molar-refractivity contribution in [2.75, 3.05) is 0 Å². The fourth-order valence-electron chi connectivity index (χ4n) is 2.27. The summed E-state index contributed by atoms with van der Waals surface area (Å²) in [5.41, 5.74) is 2.12. The Balaban J connectivity index is 1.96. The molecule has 3 rings (SSSR count). The Morgan fingerprint density at radius 3 is 2.74 bits per heavy atom. The molecule has 0 aliphatic rings. The van der Waals surface area contributed by atoms with Crippen molar-refractivity contribution >= 4 is 22.5 Å². The Bertz CT molecular complexity index is 709. The number of rotatable bonds is 3. The first kappa shape index (κ1) is 12.3. The molecule has 1 aromatic carbocycles. The van der Waals surface area contributed by atoms with Crippen LogP contribution in [0.25, 0.3) is 10.9 Å². The van der Waals surface area contributed by atoms with E-state index in [9.17, 15) is 0 Å². The second kappa shape index (κ2) is 4.74. The first-order valence-corrected chi connectivity index (χ1v) is 6.80. The maximum atomic E-state index is 6.28. The van der Waals surface area contributed by atoms with Crippen molar-refractivity contribution in [3.63, 3.8) is 0 Å². The van der Waals surface area contributed by atoms with Crippen LogP contribution in [0.1, 0.15) is 25.6 Å². The molecular weight excluding hydrogens is 258 g/mol. The van der Waals surface area contributed by atoms with Crippen molar-refractivity contribution in [2.45, 2.75) is 26.4 Å². The molecule has 0 fully saturated rings. The SMILES string of the molecule is CC(C)n1ccc(Cn2ccc3cccc(Cl)c32)n1. The van der Waals surface area contributed by atoms with Gasteiger partial charge in [-0.1, -0.05) is 23.7 Å². The summed E-state index contributed by atoms with van der Waals surface area (Å²) in [6.07, 6.45) is 4.08. The minimum absolute atomic E-state index is 0.388. The van der Waals surface area contributed by atoms with Gasteiger partial charge in [0, 0.05) is 23.8 Å². The van der Waals surface area contributed by atoms with Gasteiger partial charge in [-0.3, -0.25) is 4.68 Å². The zero-order valence-electron chi connectivity index (χ0n) is 11.0. The highest BCUT2D eigenvalue weighted by Crippen LogP contribution is 2.24. The molecule has 0 atom stereocenters. The lowest BCUT2D eigenvalue weighted by Crippen LogP contribution is -2.04. The van der Waals surface area contributed by atoms with Crippen molar-refractivity contribution in [3.05, 3.63) is 53.4 Å². The highest BCUT2D eigenvalue weighted by atomic mass is 35.5. The van der Waals surface area contributed by atoms with Gasteiger partial charge in [-0.05, 0) is 32.0 Å². The normalized spacial score (nSPS) is 11.6. The Kier molecular flexibility index (Phi) is 3.07. The zero-order chi connectivity index (χ0) is 13.4. The Morgan fingerprint density at radius 1 is 1.16 bits per heavy atom. The van der Waals surface area contributed by atoms with E-state index < -0.39 is 0 Å². The summed E-state index contributed by atoms with van der Waals surface area (Å²) >= 11 is 6.28. The third-order valence-corrected chi connectivity index (χ3v) is 3.57. The minimum atomic E-state index is 0.388. The maximum Gasteiger partial charge on any atom is 0.0821 e. The first-order chi connectivity index (χ1) is 9.15. The molecule has 98 valence electrons. The summed E-state index contributed by atoms with van der Waals surface area (Å²) in [6.45, 7) is 4.99. The monoisotopic (exact) mass is 273 g/mol. The smallest absolute Gasteiger partial charge is 0.0821 e. The number of hydrogen-bond acceptors (Lipinski definition) is 1. The van der Waals surface area contributed by atoms with Gasteiger partial charge in [-0.2, -0.15) is 5.10 Å². The number of para-hydroxylation sites is 1. The lowest BCUT2D eigenvalue weighted by molar-refractivity contribution is 0.524. The van der Waals surface area contributed by atoms with Crippen molar-refractivity contribution < 1.29 is 0 Å². The van der Waals surface area contributed by atoms with Crippen molar-refractivity contribution in [3.8, 4) is 0 Å². The Labute approximate surface area is 117 Å². The number of fused-ring (bicyclic) bond motifs is 1. The van der Waals surface area contributed by atoms with Gasteiger partial charge in [0.25, 0.3) is 0 Å². The molecular formula is C15H16ClN3. The maximum absolute atomic E-state index is 6.28. The Morgan fingerprint density at radius 2 is 2.00 bits per heavy atom. The summed E-state index contributed by atoms with van der Waals surface area (Å²) in [5.74, 6) is 0. The Hall–Kier alpha value is -1.74. The molecule has 0 spiro atoms. The summed E-state index contributed by atoms with van der Waals surface area (Å²) in [7, 11) is 0. The average Bonchev–Trinajstić information content (AvgIpc) is 2.98.